The third-order valence-corrected chi connectivity index (χ3v) is 2.49. The van der Waals surface area contributed by atoms with Crippen molar-refractivity contribution in [3.05, 3.63) is 0 Å². The molecule has 0 aliphatic carbocycles. The average molecular weight is 262 g/mol. The Morgan fingerprint density at radius 3 is 2.31 bits per heavy atom. The van der Waals surface area contributed by atoms with E-state index in [0.717, 1.165) is 0 Å². The number of halogens is 3. The number of nitrogens with one attached hydrogen (secondary N) is 3. The molecule has 0 spiro atoms. The molecule has 0 saturated carbocycles. The first-order valence-corrected chi connectivity index (χ1v) is 5.74. The van der Waals surface area contributed by atoms with Gasteiger partial charge in [0.1, 0.15) is 6.54 Å². The van der Waals surface area contributed by atoms with Crippen LogP contribution in [-0.2, 0) is 10.2 Å². The van der Waals surface area contributed by atoms with Crippen LogP contribution in [0.4, 0.5) is 13.2 Å². The minimum atomic E-state index is -4.59. The summed E-state index contributed by atoms with van der Waals surface area (Å²) in [6.45, 7) is -1.69. The summed E-state index contributed by atoms with van der Waals surface area (Å²) in [6, 6.07) is 0. The summed E-state index contributed by atoms with van der Waals surface area (Å²) >= 11 is 0. The lowest BCUT2D eigenvalue weighted by Crippen LogP contribution is -2.41. The molecule has 0 rings (SSSR count). The van der Waals surface area contributed by atoms with E-state index in [1.165, 1.54) is 4.72 Å². The summed E-state index contributed by atoms with van der Waals surface area (Å²) in [6.07, 6.45) is -4.15. The summed E-state index contributed by atoms with van der Waals surface area (Å²) < 4.78 is 60.1. The molecule has 0 atom stereocenters. The van der Waals surface area contributed by atoms with Crippen molar-refractivity contribution in [2.45, 2.75) is 19.0 Å². The maximum atomic E-state index is 11.7. The monoisotopic (exact) mass is 262 g/mol. The molecule has 0 aromatic rings. The zero-order valence-electron chi connectivity index (χ0n) is 8.26. The smallest absolute Gasteiger partial charge is 0.388 e. The van der Waals surface area contributed by atoms with E-state index in [9.17, 15) is 21.6 Å². The SMILES string of the molecule is N=C(N)CCCNS(=O)(=O)NCC(F)(F)F. The topological polar surface area (TPSA) is 108 Å². The van der Waals surface area contributed by atoms with Gasteiger partial charge in [0.2, 0.25) is 0 Å². The van der Waals surface area contributed by atoms with Crippen molar-refractivity contribution in [1.29, 1.82) is 5.41 Å². The van der Waals surface area contributed by atoms with Gasteiger partial charge in [0.25, 0.3) is 10.2 Å². The van der Waals surface area contributed by atoms with E-state index in [-0.39, 0.29) is 25.2 Å². The van der Waals surface area contributed by atoms with Gasteiger partial charge in [0.05, 0.1) is 5.84 Å². The highest BCUT2D eigenvalue weighted by molar-refractivity contribution is 7.87. The second-order valence-electron chi connectivity index (χ2n) is 2.96. The maximum Gasteiger partial charge on any atom is 0.402 e. The summed E-state index contributed by atoms with van der Waals surface area (Å²) in [4.78, 5) is 0. The zero-order chi connectivity index (χ0) is 12.8. The predicted molar refractivity (Wildman–Crippen MR) is 52.1 cm³/mol. The molecular weight excluding hydrogens is 249 g/mol. The highest BCUT2D eigenvalue weighted by Crippen LogP contribution is 2.12. The Morgan fingerprint density at radius 2 is 1.88 bits per heavy atom. The summed E-state index contributed by atoms with van der Waals surface area (Å²) in [5.74, 6) is -0.109. The molecular formula is C6H13F3N4O2S. The van der Waals surface area contributed by atoms with E-state index < -0.39 is 22.9 Å². The van der Waals surface area contributed by atoms with Gasteiger partial charge in [-0.1, -0.05) is 0 Å². The normalized spacial score (nSPS) is 12.7. The lowest BCUT2D eigenvalue weighted by molar-refractivity contribution is -0.121. The van der Waals surface area contributed by atoms with Crippen molar-refractivity contribution in [2.24, 2.45) is 5.73 Å². The lowest BCUT2D eigenvalue weighted by atomic mass is 10.3. The van der Waals surface area contributed by atoms with Gasteiger partial charge in [-0.25, -0.2) is 4.72 Å². The number of nitrogens with two attached hydrogens (primary N) is 1. The van der Waals surface area contributed by atoms with Gasteiger partial charge in [0.15, 0.2) is 0 Å². The van der Waals surface area contributed by atoms with Crippen LogP contribution in [-0.4, -0.2) is 33.5 Å². The minimum Gasteiger partial charge on any atom is -0.388 e. The van der Waals surface area contributed by atoms with Gasteiger partial charge >= 0.3 is 6.18 Å². The number of rotatable bonds is 7. The Bertz CT molecular complexity index is 327. The average Bonchev–Trinajstić information content (AvgIpc) is 2.08. The van der Waals surface area contributed by atoms with Crippen LogP contribution in [0.5, 0.6) is 0 Å². The van der Waals surface area contributed by atoms with Crippen molar-refractivity contribution < 1.29 is 21.6 Å². The molecule has 0 fully saturated rings. The fourth-order valence-corrected chi connectivity index (χ4v) is 1.58. The first-order valence-electron chi connectivity index (χ1n) is 4.26. The van der Waals surface area contributed by atoms with Crippen molar-refractivity contribution in [1.82, 2.24) is 9.44 Å². The van der Waals surface area contributed by atoms with Gasteiger partial charge in [-0.2, -0.15) is 26.3 Å². The highest BCUT2D eigenvalue weighted by Gasteiger charge is 2.29. The van der Waals surface area contributed by atoms with Crippen molar-refractivity contribution in [3.63, 3.8) is 0 Å². The molecule has 6 nitrogen and oxygen atoms in total. The molecule has 0 radical (unpaired) electrons. The molecule has 0 bridgehead atoms. The number of hydrogen-bond acceptors (Lipinski definition) is 3. The molecule has 0 aromatic heterocycles. The maximum absolute atomic E-state index is 11.7. The predicted octanol–water partition coefficient (Wildman–Crippen LogP) is -0.311. The van der Waals surface area contributed by atoms with E-state index in [4.69, 9.17) is 11.1 Å². The van der Waals surface area contributed by atoms with Gasteiger partial charge in [-0.05, 0) is 6.42 Å². The Kier molecular flexibility index (Phi) is 5.68. The van der Waals surface area contributed by atoms with Gasteiger partial charge in [0, 0.05) is 13.0 Å². The van der Waals surface area contributed by atoms with Crippen LogP contribution in [0.2, 0.25) is 0 Å². The molecule has 0 aliphatic rings. The summed E-state index contributed by atoms with van der Waals surface area (Å²) in [7, 11) is -4.14. The second-order valence-corrected chi connectivity index (χ2v) is 4.55. The van der Waals surface area contributed by atoms with E-state index in [2.05, 4.69) is 0 Å². The van der Waals surface area contributed by atoms with E-state index in [1.807, 2.05) is 4.72 Å². The first kappa shape index (κ1) is 15.1. The number of hydrogen-bond donors (Lipinski definition) is 4. The number of alkyl halides is 3. The van der Waals surface area contributed by atoms with E-state index >= 15 is 0 Å². The minimum absolute atomic E-state index is 0.0766. The molecule has 96 valence electrons. The molecule has 0 aromatic carbocycles. The molecule has 0 saturated heterocycles. The largest absolute Gasteiger partial charge is 0.402 e. The van der Waals surface area contributed by atoms with E-state index in [1.54, 1.807) is 0 Å². The molecule has 0 amide bonds. The van der Waals surface area contributed by atoms with Crippen LogP contribution in [0, 0.1) is 5.41 Å². The lowest BCUT2D eigenvalue weighted by Gasteiger charge is -2.09. The highest BCUT2D eigenvalue weighted by atomic mass is 32.2. The van der Waals surface area contributed by atoms with E-state index in [0.29, 0.717) is 0 Å². The van der Waals surface area contributed by atoms with Gasteiger partial charge in [-0.3, -0.25) is 5.41 Å². The fourth-order valence-electron chi connectivity index (χ4n) is 0.713. The van der Waals surface area contributed by atoms with Gasteiger partial charge in [-0.15, -0.1) is 0 Å². The standard InChI is InChI=1S/C6H13F3N4O2S/c7-6(8,9)4-13-16(14,15)12-3-1-2-5(10)11/h12-13H,1-4H2,(H3,10,11). The third kappa shape index (κ3) is 9.68. The Labute approximate surface area is 91.1 Å². The quantitative estimate of drug-likeness (QED) is 0.287. The van der Waals surface area contributed by atoms with Gasteiger partial charge < -0.3 is 5.73 Å². The molecule has 0 aliphatic heterocycles. The summed E-state index contributed by atoms with van der Waals surface area (Å²) in [5.41, 5.74) is 5.00. The molecule has 0 heterocycles. The fraction of sp³-hybridized carbons (Fsp3) is 0.833. The molecule has 5 N–H and O–H groups in total. The first-order chi connectivity index (χ1) is 7.12. The van der Waals surface area contributed by atoms with Crippen LogP contribution in [0.25, 0.3) is 0 Å². The molecule has 0 unspecified atom stereocenters. The van der Waals surface area contributed by atoms with Crippen LogP contribution in [0.3, 0.4) is 0 Å². The Morgan fingerprint density at radius 1 is 1.31 bits per heavy atom. The number of amidine groups is 1. The Balaban J connectivity index is 3.84. The summed E-state index contributed by atoms with van der Waals surface area (Å²) in [5, 5.41) is 6.83. The van der Waals surface area contributed by atoms with Crippen molar-refractivity contribution >= 4 is 16.0 Å². The Hall–Kier alpha value is -0.870. The van der Waals surface area contributed by atoms with Crippen LogP contribution in [0.15, 0.2) is 0 Å². The van der Waals surface area contributed by atoms with Crippen LogP contribution >= 0.6 is 0 Å². The molecule has 10 heteroatoms. The second kappa shape index (κ2) is 6.01. The van der Waals surface area contributed by atoms with Crippen LogP contribution in [0.1, 0.15) is 12.8 Å². The van der Waals surface area contributed by atoms with Crippen molar-refractivity contribution in [2.75, 3.05) is 13.1 Å². The zero-order valence-corrected chi connectivity index (χ0v) is 9.08. The molecule has 16 heavy (non-hydrogen) atoms. The van der Waals surface area contributed by atoms with Crippen LogP contribution < -0.4 is 15.2 Å². The third-order valence-electron chi connectivity index (χ3n) is 1.38. The van der Waals surface area contributed by atoms with Crippen molar-refractivity contribution in [3.8, 4) is 0 Å².